The maximum absolute atomic E-state index is 4.28. The van der Waals surface area contributed by atoms with Crippen LogP contribution in [0.1, 0.15) is 51.3 Å². The largest absolute Gasteiger partial charge is 0.318 e. The summed E-state index contributed by atoms with van der Waals surface area (Å²) in [5, 5.41) is 10.3. The molecular formula is C11H18N4S. The zero-order valence-electron chi connectivity index (χ0n) is 9.81. The Morgan fingerprint density at radius 1 is 1.31 bits per heavy atom. The van der Waals surface area contributed by atoms with Crippen molar-refractivity contribution in [3.8, 4) is 0 Å². The van der Waals surface area contributed by atoms with Crippen LogP contribution in [0.4, 0.5) is 0 Å². The molecule has 4 nitrogen and oxygen atoms in total. The summed E-state index contributed by atoms with van der Waals surface area (Å²) in [5.41, 5.74) is 3.60. The number of hydrogen-bond donors (Lipinski definition) is 1. The average molecular weight is 238 g/mol. The Balaban J connectivity index is 1.91. The van der Waals surface area contributed by atoms with E-state index in [0.717, 1.165) is 11.0 Å². The van der Waals surface area contributed by atoms with Crippen LogP contribution in [0, 0.1) is 0 Å². The fraction of sp³-hybridized carbons (Fsp3) is 0.818. The summed E-state index contributed by atoms with van der Waals surface area (Å²) in [6.07, 6.45) is 5.31. The minimum absolute atomic E-state index is 0.425. The van der Waals surface area contributed by atoms with Gasteiger partial charge < -0.3 is 5.43 Å². The van der Waals surface area contributed by atoms with E-state index in [0.29, 0.717) is 17.2 Å². The van der Waals surface area contributed by atoms with E-state index >= 15 is 0 Å². The van der Waals surface area contributed by atoms with Crippen LogP contribution >= 0.6 is 11.8 Å². The second kappa shape index (κ2) is 3.95. The molecule has 0 spiro atoms. The minimum Gasteiger partial charge on any atom is -0.318 e. The van der Waals surface area contributed by atoms with E-state index in [-0.39, 0.29) is 0 Å². The lowest BCUT2D eigenvalue weighted by molar-refractivity contribution is 0.426. The number of nitrogens with zero attached hydrogens (tertiary/aromatic N) is 3. The van der Waals surface area contributed by atoms with Gasteiger partial charge in [-0.3, -0.25) is 0 Å². The highest BCUT2D eigenvalue weighted by Gasteiger charge is 2.33. The zero-order valence-corrected chi connectivity index (χ0v) is 10.6. The van der Waals surface area contributed by atoms with E-state index in [1.807, 2.05) is 11.8 Å². The molecule has 88 valence electrons. The number of fused-ring (bicyclic) bond motifs is 2. The number of aromatic nitrogens is 3. The van der Waals surface area contributed by atoms with Crippen LogP contribution < -0.4 is 5.43 Å². The van der Waals surface area contributed by atoms with Crippen molar-refractivity contribution in [3.05, 3.63) is 5.82 Å². The molecule has 0 amide bonds. The molecule has 1 N–H and O–H groups in total. The highest BCUT2D eigenvalue weighted by molar-refractivity contribution is 7.99. The zero-order chi connectivity index (χ0) is 11.1. The van der Waals surface area contributed by atoms with Crippen LogP contribution in [-0.2, 0) is 0 Å². The van der Waals surface area contributed by atoms with Gasteiger partial charge in [0.1, 0.15) is 0 Å². The summed E-state index contributed by atoms with van der Waals surface area (Å²) in [4.78, 5) is 0. The number of thioether (sulfide) groups is 1. The summed E-state index contributed by atoms with van der Waals surface area (Å²) in [7, 11) is 0. The molecule has 16 heavy (non-hydrogen) atoms. The van der Waals surface area contributed by atoms with Crippen molar-refractivity contribution in [1.82, 2.24) is 14.9 Å². The molecule has 2 heterocycles. The molecule has 1 saturated carbocycles. The maximum atomic E-state index is 4.28. The molecule has 1 aliphatic carbocycles. The fourth-order valence-corrected chi connectivity index (χ4v) is 3.80. The van der Waals surface area contributed by atoms with Crippen LogP contribution in [0.25, 0.3) is 0 Å². The van der Waals surface area contributed by atoms with Gasteiger partial charge in [-0.15, -0.1) is 10.2 Å². The monoisotopic (exact) mass is 238 g/mol. The van der Waals surface area contributed by atoms with E-state index in [9.17, 15) is 0 Å². The summed E-state index contributed by atoms with van der Waals surface area (Å²) in [5.74, 6) is 1.49. The minimum atomic E-state index is 0.425. The molecule has 0 saturated heterocycles. The Hall–Kier alpha value is -0.710. The highest BCUT2D eigenvalue weighted by Crippen LogP contribution is 2.37. The first kappa shape index (κ1) is 10.4. The van der Waals surface area contributed by atoms with Gasteiger partial charge in [-0.05, 0) is 12.8 Å². The van der Waals surface area contributed by atoms with Gasteiger partial charge in [0, 0.05) is 11.2 Å². The normalized spacial score (nSPS) is 28.4. The van der Waals surface area contributed by atoms with Gasteiger partial charge in [-0.1, -0.05) is 38.5 Å². The van der Waals surface area contributed by atoms with Crippen LogP contribution in [-0.4, -0.2) is 26.2 Å². The van der Waals surface area contributed by atoms with Gasteiger partial charge in [0.15, 0.2) is 5.82 Å². The third-order valence-corrected chi connectivity index (χ3v) is 4.77. The molecule has 1 aromatic rings. The second-order valence-corrected chi connectivity index (χ2v) is 6.21. The van der Waals surface area contributed by atoms with Gasteiger partial charge in [0.2, 0.25) is 5.16 Å². The Labute approximate surface area is 100 Å². The predicted molar refractivity (Wildman–Crippen MR) is 65.4 cm³/mol. The molecule has 0 bridgehead atoms. The fourth-order valence-electron chi connectivity index (χ4n) is 2.54. The standard InChI is InChI=1S/C11H18N4S/c1-7(2)10-12-13-11-15(10)14-8-5-3-4-6-9(8)16-11/h7-9,14H,3-6H2,1-2H3. The topological polar surface area (TPSA) is 42.7 Å². The predicted octanol–water partition coefficient (Wildman–Crippen LogP) is 2.36. The van der Waals surface area contributed by atoms with Gasteiger partial charge >= 0.3 is 0 Å². The van der Waals surface area contributed by atoms with Crippen LogP contribution in [0.5, 0.6) is 0 Å². The Morgan fingerprint density at radius 2 is 2.12 bits per heavy atom. The Kier molecular flexibility index (Phi) is 2.58. The molecule has 2 unspecified atom stereocenters. The SMILES string of the molecule is CC(C)c1nnc2n1NC1CCCCC1S2. The molecule has 5 heteroatoms. The Bertz CT molecular complexity index is 387. The van der Waals surface area contributed by atoms with Gasteiger partial charge in [0.05, 0.1) is 6.04 Å². The lowest BCUT2D eigenvalue weighted by Gasteiger charge is -2.36. The molecular weight excluding hydrogens is 220 g/mol. The third-order valence-electron chi connectivity index (χ3n) is 3.43. The summed E-state index contributed by atoms with van der Waals surface area (Å²) in [6, 6.07) is 0.611. The first-order valence-corrected chi connectivity index (χ1v) is 7.02. The van der Waals surface area contributed by atoms with Crippen molar-refractivity contribution < 1.29 is 0 Å². The Morgan fingerprint density at radius 3 is 2.94 bits per heavy atom. The molecule has 1 fully saturated rings. The number of nitrogens with one attached hydrogen (secondary N) is 1. The van der Waals surface area contributed by atoms with Crippen molar-refractivity contribution in [3.63, 3.8) is 0 Å². The quantitative estimate of drug-likeness (QED) is 0.815. The summed E-state index contributed by atoms with van der Waals surface area (Å²) >= 11 is 1.91. The molecule has 2 atom stereocenters. The first-order valence-electron chi connectivity index (χ1n) is 6.14. The smallest absolute Gasteiger partial charge is 0.210 e. The number of hydrogen-bond acceptors (Lipinski definition) is 4. The van der Waals surface area contributed by atoms with Gasteiger partial charge in [-0.25, -0.2) is 4.68 Å². The lowest BCUT2D eigenvalue weighted by Crippen LogP contribution is -2.43. The van der Waals surface area contributed by atoms with E-state index in [4.69, 9.17) is 0 Å². The first-order chi connectivity index (χ1) is 7.75. The summed E-state index contributed by atoms with van der Waals surface area (Å²) < 4.78 is 2.11. The van der Waals surface area contributed by atoms with Gasteiger partial charge in [-0.2, -0.15) is 0 Å². The molecule has 3 rings (SSSR count). The van der Waals surface area contributed by atoms with Crippen molar-refractivity contribution in [2.45, 2.75) is 61.9 Å². The van der Waals surface area contributed by atoms with Crippen LogP contribution in [0.2, 0.25) is 0 Å². The van der Waals surface area contributed by atoms with Crippen LogP contribution in [0.3, 0.4) is 0 Å². The van der Waals surface area contributed by atoms with E-state index < -0.39 is 0 Å². The van der Waals surface area contributed by atoms with E-state index in [1.54, 1.807) is 0 Å². The number of rotatable bonds is 1. The average Bonchev–Trinajstić information content (AvgIpc) is 2.68. The lowest BCUT2D eigenvalue weighted by atomic mass is 9.95. The van der Waals surface area contributed by atoms with E-state index in [2.05, 4.69) is 34.1 Å². The molecule has 0 radical (unpaired) electrons. The molecule has 1 aliphatic heterocycles. The third kappa shape index (κ3) is 1.61. The van der Waals surface area contributed by atoms with Crippen molar-refractivity contribution >= 4 is 11.8 Å². The molecule has 0 aromatic carbocycles. The van der Waals surface area contributed by atoms with Gasteiger partial charge in [0.25, 0.3) is 0 Å². The van der Waals surface area contributed by atoms with Crippen LogP contribution in [0.15, 0.2) is 5.16 Å². The highest BCUT2D eigenvalue weighted by atomic mass is 32.2. The van der Waals surface area contributed by atoms with Crippen molar-refractivity contribution in [2.24, 2.45) is 0 Å². The van der Waals surface area contributed by atoms with Crippen molar-refractivity contribution in [2.75, 3.05) is 5.43 Å². The maximum Gasteiger partial charge on any atom is 0.210 e. The summed E-state index contributed by atoms with van der Waals surface area (Å²) in [6.45, 7) is 4.33. The second-order valence-electron chi connectivity index (χ2n) is 5.01. The van der Waals surface area contributed by atoms with Crippen molar-refractivity contribution in [1.29, 1.82) is 0 Å². The van der Waals surface area contributed by atoms with E-state index in [1.165, 1.54) is 25.7 Å². The molecule has 2 aliphatic rings. The molecule has 1 aromatic heterocycles.